The van der Waals surface area contributed by atoms with Gasteiger partial charge in [0.1, 0.15) is 0 Å². The molecule has 78 valence electrons. The third kappa shape index (κ3) is 6.51. The van der Waals surface area contributed by atoms with Gasteiger partial charge in [-0.3, -0.25) is 0 Å². The topological polar surface area (TPSA) is 12.5 Å². The zero-order valence-corrected chi connectivity index (χ0v) is 10.8. The van der Waals surface area contributed by atoms with Crippen LogP contribution >= 0.6 is 0 Å². The number of likely N-dealkylation sites (N-methyl/N-ethyl adjacent to an activating group) is 1. The molecule has 0 unspecified atom stereocenters. The molecule has 0 aliphatic carbocycles. The molecule has 0 aromatic rings. The summed E-state index contributed by atoms with van der Waals surface area (Å²) in [4.78, 5) is 2.41. The molecule has 0 heterocycles. The molecule has 0 amide bonds. The van der Waals surface area contributed by atoms with Crippen molar-refractivity contribution in [1.29, 1.82) is 0 Å². The van der Waals surface area contributed by atoms with Crippen molar-refractivity contribution < 1.29 is 3.79 Å². The van der Waals surface area contributed by atoms with Gasteiger partial charge in [-0.15, -0.1) is 0 Å². The molecule has 0 fully saturated rings. The molecule has 2 nitrogen and oxygen atoms in total. The van der Waals surface area contributed by atoms with Crippen LogP contribution in [0.4, 0.5) is 0 Å². The highest BCUT2D eigenvalue weighted by Gasteiger charge is 2.14. The van der Waals surface area contributed by atoms with Crippen molar-refractivity contribution in [2.45, 2.75) is 38.3 Å². The maximum Gasteiger partial charge on any atom is 0.460 e. The minimum atomic E-state index is -0.800. The zero-order valence-electron chi connectivity index (χ0n) is 9.68. The molecule has 0 saturated heterocycles. The van der Waals surface area contributed by atoms with Crippen LogP contribution in [0.25, 0.3) is 0 Å². The van der Waals surface area contributed by atoms with E-state index in [0.29, 0.717) is 0 Å². The summed E-state index contributed by atoms with van der Waals surface area (Å²) in [7, 11) is 0. The first-order chi connectivity index (χ1) is 6.28. The summed E-state index contributed by atoms with van der Waals surface area (Å²) >= 11 is -0.800. The number of rotatable bonds is 8. The summed E-state index contributed by atoms with van der Waals surface area (Å²) in [6.07, 6.45) is 0. The van der Waals surface area contributed by atoms with E-state index in [1.165, 1.54) is 10.6 Å². The van der Waals surface area contributed by atoms with Crippen LogP contribution in [0.5, 0.6) is 0 Å². The van der Waals surface area contributed by atoms with Crippen molar-refractivity contribution in [2.24, 2.45) is 0 Å². The quantitative estimate of drug-likeness (QED) is 0.559. The summed E-state index contributed by atoms with van der Waals surface area (Å²) in [6, 6.07) is 0. The van der Waals surface area contributed by atoms with Crippen molar-refractivity contribution in [2.75, 3.05) is 26.2 Å². The van der Waals surface area contributed by atoms with Gasteiger partial charge in [0.05, 0.1) is 0 Å². The van der Waals surface area contributed by atoms with Crippen LogP contribution in [0.3, 0.4) is 0 Å². The van der Waals surface area contributed by atoms with E-state index in [-0.39, 0.29) is 0 Å². The van der Waals surface area contributed by atoms with E-state index in [1.54, 1.807) is 0 Å². The molecule has 0 aromatic heterocycles. The molecule has 0 aliphatic heterocycles. The Bertz CT molecular complexity index is 91.1. The maximum atomic E-state index is 5.87. The molecular weight excluding hydrogens is 177 g/mol. The van der Waals surface area contributed by atoms with Gasteiger partial charge in [0, 0.05) is 13.2 Å². The van der Waals surface area contributed by atoms with Crippen molar-refractivity contribution in [3.63, 3.8) is 0 Å². The Hall–Kier alpha value is 0.452. The van der Waals surface area contributed by atoms with E-state index in [4.69, 9.17) is 3.79 Å². The van der Waals surface area contributed by atoms with Crippen LogP contribution in [-0.2, 0) is 3.79 Å². The second-order valence-corrected chi connectivity index (χ2v) is 6.55. The second kappa shape index (κ2) is 9.03. The molecule has 0 radical (unpaired) electrons. The number of hydrogen-bond acceptors (Lipinski definition) is 2. The Balaban J connectivity index is 3.41. The Kier molecular flexibility index (Phi) is 9.34. The van der Waals surface area contributed by atoms with Crippen molar-refractivity contribution >= 4 is 14.5 Å². The lowest BCUT2D eigenvalue weighted by molar-refractivity contribution is 0.222. The molecule has 0 aromatic carbocycles. The maximum absolute atomic E-state index is 5.87. The summed E-state index contributed by atoms with van der Waals surface area (Å²) in [5.74, 6) is 0. The van der Waals surface area contributed by atoms with E-state index in [2.05, 4.69) is 32.6 Å². The second-order valence-electron chi connectivity index (χ2n) is 3.34. The summed E-state index contributed by atoms with van der Waals surface area (Å²) in [5, 5.41) is 2.55. The van der Waals surface area contributed by atoms with Gasteiger partial charge in [-0.05, 0) is 13.1 Å². The molecule has 0 bridgehead atoms. The van der Waals surface area contributed by atoms with Gasteiger partial charge < -0.3 is 8.69 Å². The average Bonchev–Trinajstić information content (AvgIpc) is 2.19. The van der Waals surface area contributed by atoms with Gasteiger partial charge in [-0.2, -0.15) is 0 Å². The molecule has 13 heavy (non-hydrogen) atoms. The Morgan fingerprint density at radius 3 is 1.92 bits per heavy atom. The first kappa shape index (κ1) is 13.5. The Labute approximate surface area is 88.0 Å². The summed E-state index contributed by atoms with van der Waals surface area (Å²) < 4.78 is 5.87. The van der Waals surface area contributed by atoms with Crippen molar-refractivity contribution in [3.8, 4) is 0 Å². The minimum Gasteiger partial charge on any atom is -0.500 e. The fraction of sp³-hybridized carbons (Fsp3) is 1.00. The van der Waals surface area contributed by atoms with Gasteiger partial charge >= 0.3 is 14.5 Å². The highest BCUT2D eigenvalue weighted by Crippen LogP contribution is 1.99. The minimum absolute atomic E-state index is 0.800. The third-order valence-electron chi connectivity index (χ3n) is 2.57. The SMILES string of the molecule is CCN(CC)CC[O][Al]([CH2]C)[CH2]C. The Morgan fingerprint density at radius 1 is 1.00 bits per heavy atom. The average molecular weight is 201 g/mol. The largest absolute Gasteiger partial charge is 0.500 e. The van der Waals surface area contributed by atoms with Gasteiger partial charge in [0.2, 0.25) is 0 Å². The predicted molar refractivity (Wildman–Crippen MR) is 60.5 cm³/mol. The molecule has 0 saturated carbocycles. The predicted octanol–water partition coefficient (Wildman–Crippen LogP) is 2.38. The summed E-state index contributed by atoms with van der Waals surface area (Å²) in [5.41, 5.74) is 0. The van der Waals surface area contributed by atoms with Crippen molar-refractivity contribution in [3.05, 3.63) is 0 Å². The van der Waals surface area contributed by atoms with Crippen LogP contribution in [0, 0.1) is 0 Å². The van der Waals surface area contributed by atoms with Crippen LogP contribution in [-0.4, -0.2) is 45.6 Å². The fourth-order valence-corrected chi connectivity index (χ4v) is 2.90. The van der Waals surface area contributed by atoms with E-state index in [0.717, 1.165) is 26.2 Å². The third-order valence-corrected chi connectivity index (χ3v) is 5.09. The highest BCUT2D eigenvalue weighted by atomic mass is 27.2. The molecule has 0 aliphatic rings. The molecule has 0 atom stereocenters. The van der Waals surface area contributed by atoms with Gasteiger partial charge in [0.25, 0.3) is 0 Å². The van der Waals surface area contributed by atoms with E-state index in [9.17, 15) is 0 Å². The lowest BCUT2D eigenvalue weighted by atomic mass is 10.5. The first-order valence-electron chi connectivity index (χ1n) is 5.62. The smallest absolute Gasteiger partial charge is 0.460 e. The van der Waals surface area contributed by atoms with E-state index < -0.39 is 14.5 Å². The lowest BCUT2D eigenvalue weighted by Gasteiger charge is -2.19. The van der Waals surface area contributed by atoms with Crippen molar-refractivity contribution in [1.82, 2.24) is 4.90 Å². The normalized spacial score (nSPS) is 10.8. The number of nitrogens with zero attached hydrogens (tertiary/aromatic N) is 1. The Morgan fingerprint density at radius 2 is 1.54 bits per heavy atom. The van der Waals surface area contributed by atoms with E-state index >= 15 is 0 Å². The standard InChI is InChI=1S/C6H14NO.2C2H5.Al/c1-3-7(4-2)5-6-8;2*1-2;/h3-6H2,1-2H3;2*1H2,2H3;/q-1;;;+1. The molecule has 0 spiro atoms. The molecule has 3 heteroatoms. The molecule has 0 N–H and O–H groups in total. The highest BCUT2D eigenvalue weighted by molar-refractivity contribution is 6.51. The summed E-state index contributed by atoms with van der Waals surface area (Å²) in [6.45, 7) is 13.2. The zero-order chi connectivity index (χ0) is 10.1. The van der Waals surface area contributed by atoms with Crippen LogP contribution in [0.15, 0.2) is 0 Å². The molecule has 0 rings (SSSR count). The molecular formula is C10H24AlNO. The van der Waals surface area contributed by atoms with Gasteiger partial charge in [-0.25, -0.2) is 0 Å². The van der Waals surface area contributed by atoms with Crippen LogP contribution in [0.2, 0.25) is 10.6 Å². The van der Waals surface area contributed by atoms with Crippen LogP contribution < -0.4 is 0 Å². The van der Waals surface area contributed by atoms with Gasteiger partial charge in [0.15, 0.2) is 0 Å². The monoisotopic (exact) mass is 201 g/mol. The first-order valence-corrected chi connectivity index (χ1v) is 7.72. The van der Waals surface area contributed by atoms with E-state index in [1.807, 2.05) is 0 Å². The fourth-order valence-electron chi connectivity index (χ4n) is 1.41. The lowest BCUT2D eigenvalue weighted by Crippen LogP contribution is -2.29. The number of hydrogen-bond donors (Lipinski definition) is 0. The van der Waals surface area contributed by atoms with Crippen LogP contribution in [0.1, 0.15) is 27.7 Å². The van der Waals surface area contributed by atoms with Gasteiger partial charge in [-0.1, -0.05) is 38.3 Å².